The van der Waals surface area contributed by atoms with E-state index in [1.165, 1.54) is 0 Å². The van der Waals surface area contributed by atoms with Gasteiger partial charge in [0.05, 0.1) is 12.5 Å². The number of hydrogen-bond acceptors (Lipinski definition) is 3. The van der Waals surface area contributed by atoms with Crippen LogP contribution in [0.25, 0.3) is 0 Å². The predicted molar refractivity (Wildman–Crippen MR) is 52.9 cm³/mol. The zero-order valence-electron chi connectivity index (χ0n) is 8.66. The summed E-state index contributed by atoms with van der Waals surface area (Å²) in [5.74, 6) is 1.10. The molecule has 0 radical (unpaired) electrons. The van der Waals surface area contributed by atoms with E-state index >= 15 is 0 Å². The Morgan fingerprint density at radius 1 is 1.57 bits per heavy atom. The molecule has 0 saturated carbocycles. The van der Waals surface area contributed by atoms with Crippen LogP contribution in [0.15, 0.2) is 0 Å². The number of rotatable bonds is 3. The van der Waals surface area contributed by atoms with Crippen LogP contribution in [0, 0.1) is 11.8 Å². The molecule has 2 aliphatic rings. The monoisotopic (exact) mass is 198 g/mol. The highest BCUT2D eigenvalue weighted by atomic mass is 16.5. The van der Waals surface area contributed by atoms with Crippen LogP contribution in [-0.4, -0.2) is 50.7 Å². The summed E-state index contributed by atoms with van der Waals surface area (Å²) in [6.45, 7) is 4.26. The second-order valence-electron chi connectivity index (χ2n) is 4.23. The number of hydrogen-bond donors (Lipinski definition) is 1. The van der Waals surface area contributed by atoms with Crippen LogP contribution in [-0.2, 0) is 9.53 Å². The van der Waals surface area contributed by atoms with Crippen molar-refractivity contribution in [2.24, 2.45) is 11.8 Å². The highest BCUT2D eigenvalue weighted by molar-refractivity contribution is 5.80. The summed E-state index contributed by atoms with van der Waals surface area (Å²) < 4.78 is 5.21. The third kappa shape index (κ3) is 1.91. The molecule has 0 bridgehead atoms. The number of nitrogens with zero attached hydrogens (tertiary/aromatic N) is 1. The smallest absolute Gasteiger partial charge is 0.228 e. The minimum Gasteiger partial charge on any atom is -0.381 e. The van der Waals surface area contributed by atoms with Crippen molar-refractivity contribution in [2.45, 2.75) is 6.42 Å². The number of carbonyl (C=O) groups excluding carboxylic acids is 1. The van der Waals surface area contributed by atoms with Gasteiger partial charge in [0.15, 0.2) is 0 Å². The van der Waals surface area contributed by atoms with Gasteiger partial charge >= 0.3 is 0 Å². The molecule has 2 heterocycles. The maximum atomic E-state index is 11.8. The molecule has 0 aliphatic carbocycles. The molecule has 4 heteroatoms. The predicted octanol–water partition coefficient (Wildman–Crippen LogP) is -0.299. The van der Waals surface area contributed by atoms with Gasteiger partial charge in [0.25, 0.3) is 0 Å². The fourth-order valence-corrected chi connectivity index (χ4v) is 2.16. The maximum Gasteiger partial charge on any atom is 0.228 e. The van der Waals surface area contributed by atoms with E-state index in [1.807, 2.05) is 11.9 Å². The quantitative estimate of drug-likeness (QED) is 0.677. The van der Waals surface area contributed by atoms with Gasteiger partial charge in [-0.2, -0.15) is 0 Å². The summed E-state index contributed by atoms with van der Waals surface area (Å²) in [5, 5.41) is 3.14. The lowest BCUT2D eigenvalue weighted by molar-refractivity contribution is -0.141. The zero-order chi connectivity index (χ0) is 9.97. The van der Waals surface area contributed by atoms with E-state index < -0.39 is 0 Å². The summed E-state index contributed by atoms with van der Waals surface area (Å²) in [6, 6.07) is 0. The molecule has 4 nitrogen and oxygen atoms in total. The van der Waals surface area contributed by atoms with E-state index in [0.717, 1.165) is 32.7 Å². The third-order valence-electron chi connectivity index (χ3n) is 3.04. The fraction of sp³-hybridized carbons (Fsp3) is 0.900. The van der Waals surface area contributed by atoms with Gasteiger partial charge < -0.3 is 15.0 Å². The van der Waals surface area contributed by atoms with Gasteiger partial charge in [-0.3, -0.25) is 4.79 Å². The van der Waals surface area contributed by atoms with E-state index in [-0.39, 0.29) is 5.92 Å². The van der Waals surface area contributed by atoms with E-state index in [0.29, 0.717) is 18.4 Å². The molecule has 0 aromatic rings. The molecular weight excluding hydrogens is 180 g/mol. The van der Waals surface area contributed by atoms with Crippen molar-refractivity contribution in [3.63, 3.8) is 0 Å². The second kappa shape index (κ2) is 4.28. The molecule has 1 atom stereocenters. The summed E-state index contributed by atoms with van der Waals surface area (Å²) in [6.07, 6.45) is 0.909. The lowest BCUT2D eigenvalue weighted by Crippen LogP contribution is -2.54. The van der Waals surface area contributed by atoms with Gasteiger partial charge in [0.2, 0.25) is 5.91 Å². The van der Waals surface area contributed by atoms with E-state index in [2.05, 4.69) is 5.32 Å². The van der Waals surface area contributed by atoms with Crippen LogP contribution in [0.4, 0.5) is 0 Å². The SMILES string of the molecule is CNCC1CN(C(=O)C2CCOC2)C1. The zero-order valence-corrected chi connectivity index (χ0v) is 8.66. The van der Waals surface area contributed by atoms with Gasteiger partial charge in [0, 0.05) is 32.2 Å². The average molecular weight is 198 g/mol. The topological polar surface area (TPSA) is 41.6 Å². The number of ether oxygens (including phenoxy) is 1. The van der Waals surface area contributed by atoms with E-state index in [4.69, 9.17) is 4.74 Å². The van der Waals surface area contributed by atoms with Gasteiger partial charge in [0.1, 0.15) is 0 Å². The van der Waals surface area contributed by atoms with Crippen molar-refractivity contribution in [1.82, 2.24) is 10.2 Å². The molecule has 1 amide bonds. The standard InChI is InChI=1S/C10H18N2O2/c1-11-4-8-5-12(6-8)10(13)9-2-3-14-7-9/h8-9,11H,2-7H2,1H3. The number of carbonyl (C=O) groups is 1. The Labute approximate surface area is 84.6 Å². The summed E-state index contributed by atoms with van der Waals surface area (Å²) >= 11 is 0. The number of nitrogens with one attached hydrogen (secondary N) is 1. The van der Waals surface area contributed by atoms with Crippen LogP contribution in [0.5, 0.6) is 0 Å². The van der Waals surface area contributed by atoms with Crippen molar-refractivity contribution in [3.05, 3.63) is 0 Å². The molecule has 2 saturated heterocycles. The van der Waals surface area contributed by atoms with Crippen molar-refractivity contribution >= 4 is 5.91 Å². The molecule has 1 N–H and O–H groups in total. The maximum absolute atomic E-state index is 11.8. The lowest BCUT2D eigenvalue weighted by Gasteiger charge is -2.40. The molecule has 1 unspecified atom stereocenters. The molecular formula is C10H18N2O2. The molecule has 14 heavy (non-hydrogen) atoms. The van der Waals surface area contributed by atoms with Crippen LogP contribution in [0.2, 0.25) is 0 Å². The van der Waals surface area contributed by atoms with Crippen molar-refractivity contribution in [2.75, 3.05) is 39.9 Å². The first-order chi connectivity index (χ1) is 6.81. The number of likely N-dealkylation sites (tertiary alicyclic amines) is 1. The molecule has 80 valence electrons. The highest BCUT2D eigenvalue weighted by Crippen LogP contribution is 2.21. The van der Waals surface area contributed by atoms with Gasteiger partial charge in [-0.05, 0) is 13.5 Å². The molecule has 0 aromatic carbocycles. The number of amides is 1. The van der Waals surface area contributed by atoms with Crippen LogP contribution in [0.3, 0.4) is 0 Å². The lowest BCUT2D eigenvalue weighted by atomic mass is 9.97. The van der Waals surface area contributed by atoms with Gasteiger partial charge in [-0.15, -0.1) is 0 Å². The first-order valence-corrected chi connectivity index (χ1v) is 5.32. The first-order valence-electron chi connectivity index (χ1n) is 5.32. The normalized spacial score (nSPS) is 27.8. The minimum atomic E-state index is 0.144. The summed E-state index contributed by atoms with van der Waals surface area (Å²) in [4.78, 5) is 13.8. The molecule has 0 aromatic heterocycles. The molecule has 2 fully saturated rings. The van der Waals surface area contributed by atoms with Gasteiger partial charge in [-0.1, -0.05) is 0 Å². The molecule has 2 aliphatic heterocycles. The molecule has 0 spiro atoms. The van der Waals surface area contributed by atoms with Crippen LogP contribution >= 0.6 is 0 Å². The van der Waals surface area contributed by atoms with Crippen molar-refractivity contribution in [3.8, 4) is 0 Å². The Balaban J connectivity index is 1.73. The highest BCUT2D eigenvalue weighted by Gasteiger charge is 2.35. The van der Waals surface area contributed by atoms with Gasteiger partial charge in [-0.25, -0.2) is 0 Å². The summed E-state index contributed by atoms with van der Waals surface area (Å²) in [5.41, 5.74) is 0. The Morgan fingerprint density at radius 3 is 2.93 bits per heavy atom. The summed E-state index contributed by atoms with van der Waals surface area (Å²) in [7, 11) is 1.95. The van der Waals surface area contributed by atoms with E-state index in [9.17, 15) is 4.79 Å². The Hall–Kier alpha value is -0.610. The second-order valence-corrected chi connectivity index (χ2v) is 4.23. The average Bonchev–Trinajstić information content (AvgIpc) is 2.62. The van der Waals surface area contributed by atoms with E-state index in [1.54, 1.807) is 0 Å². The fourth-order valence-electron chi connectivity index (χ4n) is 2.16. The Morgan fingerprint density at radius 2 is 2.36 bits per heavy atom. The Kier molecular flexibility index (Phi) is 3.03. The minimum absolute atomic E-state index is 0.144. The largest absolute Gasteiger partial charge is 0.381 e. The van der Waals surface area contributed by atoms with Crippen LogP contribution < -0.4 is 5.32 Å². The first kappa shape index (κ1) is 9.93. The van der Waals surface area contributed by atoms with Crippen molar-refractivity contribution < 1.29 is 9.53 Å². The van der Waals surface area contributed by atoms with Crippen LogP contribution in [0.1, 0.15) is 6.42 Å². The third-order valence-corrected chi connectivity index (χ3v) is 3.04. The molecule has 2 rings (SSSR count). The Bertz CT molecular complexity index is 208. The van der Waals surface area contributed by atoms with Crippen molar-refractivity contribution in [1.29, 1.82) is 0 Å².